The van der Waals surface area contributed by atoms with E-state index in [9.17, 15) is 8.42 Å². The van der Waals surface area contributed by atoms with Gasteiger partial charge in [0, 0.05) is 38.6 Å². The number of nitrogens with zero attached hydrogens (tertiary/aromatic N) is 1. The highest BCUT2D eigenvalue weighted by Gasteiger charge is 2.26. The van der Waals surface area contributed by atoms with Gasteiger partial charge in [-0.1, -0.05) is 0 Å². The molecule has 1 fully saturated rings. The maximum absolute atomic E-state index is 12.5. The van der Waals surface area contributed by atoms with Crippen molar-refractivity contribution in [3.8, 4) is 0 Å². The van der Waals surface area contributed by atoms with E-state index in [0.717, 1.165) is 31.6 Å². The van der Waals surface area contributed by atoms with Crippen LogP contribution in [0.1, 0.15) is 25.0 Å². The highest BCUT2D eigenvalue weighted by molar-refractivity contribution is 7.89. The first-order valence-corrected chi connectivity index (χ1v) is 8.38. The number of ether oxygens (including phenoxy) is 1. The van der Waals surface area contributed by atoms with Crippen molar-refractivity contribution < 1.29 is 13.2 Å². The predicted molar refractivity (Wildman–Crippen MR) is 77.0 cm³/mol. The Morgan fingerprint density at radius 1 is 1.50 bits per heavy atom. The van der Waals surface area contributed by atoms with Gasteiger partial charge >= 0.3 is 0 Å². The molecule has 2 heterocycles. The molecule has 7 heteroatoms. The van der Waals surface area contributed by atoms with Gasteiger partial charge in [-0.05, 0) is 32.4 Å². The maximum Gasteiger partial charge on any atom is 0.244 e. The van der Waals surface area contributed by atoms with Gasteiger partial charge < -0.3 is 15.0 Å². The quantitative estimate of drug-likeness (QED) is 0.819. The summed E-state index contributed by atoms with van der Waals surface area (Å²) in [4.78, 5) is 3.28. The van der Waals surface area contributed by atoms with Crippen LogP contribution in [-0.2, 0) is 21.3 Å². The number of aromatic amines is 1. The highest BCUT2D eigenvalue weighted by atomic mass is 32.2. The summed E-state index contributed by atoms with van der Waals surface area (Å²) in [5.41, 5.74) is 0.855. The van der Waals surface area contributed by atoms with Crippen LogP contribution in [0.2, 0.25) is 0 Å². The first-order valence-electron chi connectivity index (χ1n) is 6.94. The number of H-pyrrole nitrogens is 1. The van der Waals surface area contributed by atoms with Crippen LogP contribution in [0.25, 0.3) is 0 Å². The monoisotopic (exact) mass is 301 g/mol. The van der Waals surface area contributed by atoms with E-state index in [2.05, 4.69) is 10.3 Å². The van der Waals surface area contributed by atoms with E-state index in [-0.39, 0.29) is 6.10 Å². The SMILES string of the molecule is CNCc1cc(S(=O)(=O)N(C)CC2CCCCO2)c[nH]1. The fourth-order valence-corrected chi connectivity index (χ4v) is 3.60. The summed E-state index contributed by atoms with van der Waals surface area (Å²) in [6.07, 6.45) is 4.66. The minimum atomic E-state index is -3.44. The van der Waals surface area contributed by atoms with Gasteiger partial charge in [0.2, 0.25) is 10.0 Å². The van der Waals surface area contributed by atoms with E-state index < -0.39 is 10.0 Å². The lowest BCUT2D eigenvalue weighted by atomic mass is 10.1. The van der Waals surface area contributed by atoms with Crippen LogP contribution in [0.3, 0.4) is 0 Å². The minimum Gasteiger partial charge on any atom is -0.377 e. The second kappa shape index (κ2) is 6.71. The molecular weight excluding hydrogens is 278 g/mol. The van der Waals surface area contributed by atoms with Gasteiger partial charge in [0.25, 0.3) is 0 Å². The molecule has 114 valence electrons. The van der Waals surface area contributed by atoms with Crippen LogP contribution in [-0.4, -0.2) is 51.1 Å². The molecule has 0 bridgehead atoms. The van der Waals surface area contributed by atoms with E-state index in [1.54, 1.807) is 19.3 Å². The van der Waals surface area contributed by atoms with Crippen molar-refractivity contribution in [1.29, 1.82) is 0 Å². The topological polar surface area (TPSA) is 74.4 Å². The summed E-state index contributed by atoms with van der Waals surface area (Å²) in [6.45, 7) is 1.76. The molecule has 0 amide bonds. The molecular formula is C13H23N3O3S. The van der Waals surface area contributed by atoms with Crippen LogP contribution in [0.5, 0.6) is 0 Å². The third kappa shape index (κ3) is 3.60. The fourth-order valence-electron chi connectivity index (χ4n) is 2.38. The van der Waals surface area contributed by atoms with Crippen LogP contribution in [0.15, 0.2) is 17.2 Å². The molecule has 0 saturated carbocycles. The third-order valence-electron chi connectivity index (χ3n) is 3.53. The van der Waals surface area contributed by atoms with Crippen LogP contribution >= 0.6 is 0 Å². The minimum absolute atomic E-state index is 0.0132. The number of nitrogens with one attached hydrogen (secondary N) is 2. The summed E-state index contributed by atoms with van der Waals surface area (Å²) >= 11 is 0. The molecule has 1 unspecified atom stereocenters. The first kappa shape index (κ1) is 15.5. The molecule has 0 aliphatic carbocycles. The summed E-state index contributed by atoms with van der Waals surface area (Å²) in [7, 11) is -0.0114. The number of hydrogen-bond acceptors (Lipinski definition) is 4. The maximum atomic E-state index is 12.5. The molecule has 2 N–H and O–H groups in total. The smallest absolute Gasteiger partial charge is 0.244 e. The van der Waals surface area contributed by atoms with Crippen molar-refractivity contribution in [2.75, 3.05) is 27.2 Å². The second-order valence-corrected chi connectivity index (χ2v) is 7.21. The van der Waals surface area contributed by atoms with Crippen LogP contribution in [0.4, 0.5) is 0 Å². The molecule has 1 aromatic rings. The Morgan fingerprint density at radius 3 is 2.95 bits per heavy atom. The molecule has 1 aromatic heterocycles. The lowest BCUT2D eigenvalue weighted by Crippen LogP contribution is -2.37. The third-order valence-corrected chi connectivity index (χ3v) is 5.33. The molecule has 0 radical (unpaired) electrons. The number of aromatic nitrogens is 1. The summed E-state index contributed by atoms with van der Waals surface area (Å²) in [5, 5.41) is 2.98. The molecule has 6 nitrogen and oxygen atoms in total. The Bertz CT molecular complexity index is 521. The van der Waals surface area contributed by atoms with Crippen molar-refractivity contribution in [2.24, 2.45) is 0 Å². The van der Waals surface area contributed by atoms with E-state index in [0.29, 0.717) is 18.0 Å². The van der Waals surface area contributed by atoms with Crippen molar-refractivity contribution in [3.63, 3.8) is 0 Å². The lowest BCUT2D eigenvalue weighted by molar-refractivity contribution is 0.00859. The average Bonchev–Trinajstić information content (AvgIpc) is 2.89. The Morgan fingerprint density at radius 2 is 2.30 bits per heavy atom. The molecule has 2 rings (SSSR count). The molecule has 20 heavy (non-hydrogen) atoms. The summed E-state index contributed by atoms with van der Waals surface area (Å²) in [6, 6.07) is 1.67. The van der Waals surface area contributed by atoms with Crippen LogP contribution in [0, 0.1) is 0 Å². The Labute approximate surface area is 120 Å². The Kier molecular flexibility index (Phi) is 5.20. The first-order chi connectivity index (χ1) is 9.54. The largest absolute Gasteiger partial charge is 0.377 e. The van der Waals surface area contributed by atoms with Crippen molar-refractivity contribution >= 4 is 10.0 Å². The van der Waals surface area contributed by atoms with E-state index in [4.69, 9.17) is 4.74 Å². The normalized spacial score (nSPS) is 20.4. The lowest BCUT2D eigenvalue weighted by Gasteiger charge is -2.26. The van der Waals surface area contributed by atoms with Gasteiger partial charge in [-0.3, -0.25) is 0 Å². The van der Waals surface area contributed by atoms with Gasteiger partial charge in [0.05, 0.1) is 11.0 Å². The molecule has 1 aliphatic heterocycles. The van der Waals surface area contributed by atoms with Crippen molar-refractivity contribution in [3.05, 3.63) is 18.0 Å². The second-order valence-electron chi connectivity index (χ2n) is 5.17. The van der Waals surface area contributed by atoms with Crippen molar-refractivity contribution in [2.45, 2.75) is 36.8 Å². The molecule has 0 spiro atoms. The number of rotatable bonds is 6. The molecule has 1 saturated heterocycles. The molecule has 1 atom stereocenters. The molecule has 1 aliphatic rings. The molecule has 0 aromatic carbocycles. The highest BCUT2D eigenvalue weighted by Crippen LogP contribution is 2.19. The van der Waals surface area contributed by atoms with Gasteiger partial charge in [-0.2, -0.15) is 4.31 Å². The number of sulfonamides is 1. The van der Waals surface area contributed by atoms with E-state index in [1.807, 2.05) is 7.05 Å². The number of hydrogen-bond donors (Lipinski definition) is 2. The fraction of sp³-hybridized carbons (Fsp3) is 0.692. The zero-order chi connectivity index (χ0) is 14.6. The Balaban J connectivity index is 2.03. The number of likely N-dealkylation sites (N-methyl/N-ethyl adjacent to an activating group) is 1. The predicted octanol–water partition coefficient (Wildman–Crippen LogP) is 0.924. The average molecular weight is 301 g/mol. The summed E-state index contributed by atoms with van der Waals surface area (Å²) < 4.78 is 31.9. The zero-order valence-electron chi connectivity index (χ0n) is 12.1. The zero-order valence-corrected chi connectivity index (χ0v) is 12.9. The van der Waals surface area contributed by atoms with E-state index >= 15 is 0 Å². The van der Waals surface area contributed by atoms with Gasteiger partial charge in [0.1, 0.15) is 0 Å². The van der Waals surface area contributed by atoms with Gasteiger partial charge in [0.15, 0.2) is 0 Å². The standard InChI is InChI=1S/C13H23N3O3S/c1-14-8-11-7-13(9-15-11)20(17,18)16(2)10-12-5-3-4-6-19-12/h7,9,12,14-15H,3-6,8,10H2,1-2H3. The van der Waals surface area contributed by atoms with E-state index in [1.165, 1.54) is 4.31 Å². The van der Waals surface area contributed by atoms with Crippen LogP contribution < -0.4 is 5.32 Å². The van der Waals surface area contributed by atoms with Gasteiger partial charge in [-0.15, -0.1) is 0 Å². The summed E-state index contributed by atoms with van der Waals surface area (Å²) in [5.74, 6) is 0. The Hall–Kier alpha value is -0.890. The van der Waals surface area contributed by atoms with Crippen molar-refractivity contribution in [1.82, 2.24) is 14.6 Å². The van der Waals surface area contributed by atoms with Gasteiger partial charge in [-0.25, -0.2) is 8.42 Å².